The van der Waals surface area contributed by atoms with E-state index in [-0.39, 0.29) is 5.78 Å². The normalized spacial score (nSPS) is 10.5. The van der Waals surface area contributed by atoms with E-state index in [1.807, 2.05) is 24.3 Å². The molecule has 4 heteroatoms. The summed E-state index contributed by atoms with van der Waals surface area (Å²) in [6.45, 7) is 0. The SMILES string of the molecule is O=C(CBr)c1ccc2cc(Br)ccc2n1. The predicted molar refractivity (Wildman–Crippen MR) is 67.6 cm³/mol. The molecule has 1 heterocycles. The molecule has 1 aromatic carbocycles. The van der Waals surface area contributed by atoms with E-state index in [1.165, 1.54) is 0 Å². The lowest BCUT2D eigenvalue weighted by atomic mass is 10.2. The van der Waals surface area contributed by atoms with Crippen LogP contribution in [-0.4, -0.2) is 16.1 Å². The Kier molecular flexibility index (Phi) is 3.17. The second-order valence-corrected chi connectivity index (χ2v) is 4.57. The molecule has 2 nitrogen and oxygen atoms in total. The lowest BCUT2D eigenvalue weighted by Gasteiger charge is -2.00. The molecule has 0 aliphatic rings. The molecule has 0 unspecified atom stereocenters. The van der Waals surface area contributed by atoms with Crippen molar-refractivity contribution in [3.8, 4) is 0 Å². The van der Waals surface area contributed by atoms with Crippen LogP contribution in [-0.2, 0) is 0 Å². The quantitative estimate of drug-likeness (QED) is 0.623. The number of aromatic nitrogens is 1. The van der Waals surface area contributed by atoms with Gasteiger partial charge in [-0.25, -0.2) is 4.98 Å². The first-order valence-electron chi connectivity index (χ1n) is 4.36. The van der Waals surface area contributed by atoms with Crippen molar-refractivity contribution in [2.75, 3.05) is 5.33 Å². The second kappa shape index (κ2) is 4.41. The Morgan fingerprint density at radius 2 is 2.07 bits per heavy atom. The molecule has 0 saturated carbocycles. The summed E-state index contributed by atoms with van der Waals surface area (Å²) in [4.78, 5) is 15.7. The Morgan fingerprint density at radius 1 is 1.27 bits per heavy atom. The smallest absolute Gasteiger partial charge is 0.191 e. The van der Waals surface area contributed by atoms with Gasteiger partial charge >= 0.3 is 0 Å². The minimum Gasteiger partial charge on any atom is -0.291 e. The van der Waals surface area contributed by atoms with E-state index in [1.54, 1.807) is 6.07 Å². The van der Waals surface area contributed by atoms with Crippen LogP contribution in [0.2, 0.25) is 0 Å². The van der Waals surface area contributed by atoms with E-state index in [2.05, 4.69) is 36.8 Å². The zero-order chi connectivity index (χ0) is 10.8. The first-order chi connectivity index (χ1) is 7.20. The van der Waals surface area contributed by atoms with Gasteiger partial charge in [-0.1, -0.05) is 37.9 Å². The molecule has 0 saturated heterocycles. The van der Waals surface area contributed by atoms with Crippen molar-refractivity contribution in [3.63, 3.8) is 0 Å². The number of pyridine rings is 1. The largest absolute Gasteiger partial charge is 0.291 e. The molecular weight excluding hydrogens is 322 g/mol. The highest BCUT2D eigenvalue weighted by molar-refractivity contribution is 9.10. The number of halogens is 2. The maximum Gasteiger partial charge on any atom is 0.191 e. The lowest BCUT2D eigenvalue weighted by Crippen LogP contribution is -2.02. The number of nitrogens with zero attached hydrogens (tertiary/aromatic N) is 1. The van der Waals surface area contributed by atoms with E-state index in [4.69, 9.17) is 0 Å². The Morgan fingerprint density at radius 3 is 2.80 bits per heavy atom. The van der Waals surface area contributed by atoms with Crippen LogP contribution < -0.4 is 0 Å². The summed E-state index contributed by atoms with van der Waals surface area (Å²) < 4.78 is 1.01. The van der Waals surface area contributed by atoms with Crippen LogP contribution in [0.3, 0.4) is 0 Å². The Hall–Kier alpha value is -0.740. The van der Waals surface area contributed by atoms with Crippen molar-refractivity contribution in [1.82, 2.24) is 4.98 Å². The fourth-order valence-electron chi connectivity index (χ4n) is 1.32. The summed E-state index contributed by atoms with van der Waals surface area (Å²) in [5.41, 5.74) is 1.34. The van der Waals surface area contributed by atoms with Crippen LogP contribution in [0, 0.1) is 0 Å². The van der Waals surface area contributed by atoms with Gasteiger partial charge in [0, 0.05) is 9.86 Å². The topological polar surface area (TPSA) is 30.0 Å². The van der Waals surface area contributed by atoms with Crippen LogP contribution in [0.15, 0.2) is 34.8 Å². The van der Waals surface area contributed by atoms with E-state index in [0.29, 0.717) is 11.0 Å². The van der Waals surface area contributed by atoms with Gasteiger partial charge in [-0.15, -0.1) is 0 Å². The van der Waals surface area contributed by atoms with Crippen LogP contribution in [0.1, 0.15) is 10.5 Å². The molecule has 0 aliphatic heterocycles. The van der Waals surface area contributed by atoms with Crippen molar-refractivity contribution in [2.45, 2.75) is 0 Å². The molecule has 2 aromatic rings. The Balaban J connectivity index is 2.57. The summed E-state index contributed by atoms with van der Waals surface area (Å²) in [6.07, 6.45) is 0. The third-order valence-corrected chi connectivity index (χ3v) is 3.06. The zero-order valence-electron chi connectivity index (χ0n) is 7.71. The highest BCUT2D eigenvalue weighted by Crippen LogP contribution is 2.18. The molecule has 15 heavy (non-hydrogen) atoms. The predicted octanol–water partition coefficient (Wildman–Crippen LogP) is 3.57. The van der Waals surface area contributed by atoms with E-state index in [9.17, 15) is 4.79 Å². The Bertz CT molecular complexity index is 525. The molecule has 76 valence electrons. The summed E-state index contributed by atoms with van der Waals surface area (Å²) >= 11 is 6.52. The summed E-state index contributed by atoms with van der Waals surface area (Å²) in [5, 5.41) is 1.33. The lowest BCUT2D eigenvalue weighted by molar-refractivity contribution is 0.101. The molecule has 2 rings (SSSR count). The number of alkyl halides is 1. The van der Waals surface area contributed by atoms with Crippen LogP contribution in [0.25, 0.3) is 10.9 Å². The summed E-state index contributed by atoms with van der Waals surface area (Å²) in [5.74, 6) is -0.000168. The van der Waals surface area contributed by atoms with Crippen molar-refractivity contribution < 1.29 is 4.79 Å². The average molecular weight is 329 g/mol. The van der Waals surface area contributed by atoms with Crippen molar-refractivity contribution in [2.24, 2.45) is 0 Å². The molecule has 0 atom stereocenters. The zero-order valence-corrected chi connectivity index (χ0v) is 10.9. The van der Waals surface area contributed by atoms with Crippen LogP contribution in [0.4, 0.5) is 0 Å². The number of hydrogen-bond acceptors (Lipinski definition) is 2. The van der Waals surface area contributed by atoms with E-state index >= 15 is 0 Å². The van der Waals surface area contributed by atoms with Gasteiger partial charge in [-0.2, -0.15) is 0 Å². The van der Waals surface area contributed by atoms with Crippen molar-refractivity contribution in [3.05, 3.63) is 40.5 Å². The third-order valence-electron chi connectivity index (χ3n) is 2.06. The first-order valence-corrected chi connectivity index (χ1v) is 6.27. The second-order valence-electron chi connectivity index (χ2n) is 3.09. The van der Waals surface area contributed by atoms with Crippen LogP contribution in [0.5, 0.6) is 0 Å². The fourth-order valence-corrected chi connectivity index (χ4v) is 1.99. The van der Waals surface area contributed by atoms with Gasteiger partial charge in [-0.05, 0) is 24.3 Å². The molecule has 0 radical (unpaired) electrons. The Labute approximate surface area is 104 Å². The molecular formula is C11H7Br2NO. The molecule has 0 bridgehead atoms. The molecule has 0 N–H and O–H groups in total. The average Bonchev–Trinajstić information content (AvgIpc) is 2.27. The third kappa shape index (κ3) is 2.26. The molecule has 1 aromatic heterocycles. The summed E-state index contributed by atoms with van der Waals surface area (Å²) in [6, 6.07) is 9.44. The van der Waals surface area contributed by atoms with Gasteiger partial charge in [0.1, 0.15) is 5.69 Å². The standard InChI is InChI=1S/C11H7Br2NO/c12-6-11(15)10-3-1-7-5-8(13)2-4-9(7)14-10/h1-5H,6H2. The maximum atomic E-state index is 11.4. The molecule has 0 aliphatic carbocycles. The first kappa shape index (κ1) is 10.8. The highest BCUT2D eigenvalue weighted by Gasteiger charge is 2.06. The summed E-state index contributed by atoms with van der Waals surface area (Å²) in [7, 11) is 0. The highest BCUT2D eigenvalue weighted by atomic mass is 79.9. The van der Waals surface area contributed by atoms with Gasteiger partial charge in [-0.3, -0.25) is 4.79 Å². The molecule has 0 spiro atoms. The van der Waals surface area contributed by atoms with E-state index < -0.39 is 0 Å². The monoisotopic (exact) mass is 327 g/mol. The number of benzene rings is 1. The van der Waals surface area contributed by atoms with Crippen LogP contribution >= 0.6 is 31.9 Å². The number of hydrogen-bond donors (Lipinski definition) is 0. The minimum atomic E-state index is -0.000168. The fraction of sp³-hybridized carbons (Fsp3) is 0.0909. The number of fused-ring (bicyclic) bond motifs is 1. The van der Waals surface area contributed by atoms with Crippen molar-refractivity contribution in [1.29, 1.82) is 0 Å². The van der Waals surface area contributed by atoms with Gasteiger partial charge in [0.15, 0.2) is 5.78 Å². The molecule has 0 fully saturated rings. The van der Waals surface area contributed by atoms with Gasteiger partial charge < -0.3 is 0 Å². The minimum absolute atomic E-state index is 0.000168. The number of carbonyl (C=O) groups excluding carboxylic acids is 1. The van der Waals surface area contributed by atoms with E-state index in [0.717, 1.165) is 15.4 Å². The number of carbonyl (C=O) groups is 1. The molecule has 0 amide bonds. The van der Waals surface area contributed by atoms with Gasteiger partial charge in [0.05, 0.1) is 10.8 Å². The van der Waals surface area contributed by atoms with Crippen molar-refractivity contribution >= 4 is 48.5 Å². The number of ketones is 1. The van der Waals surface area contributed by atoms with Gasteiger partial charge in [0.2, 0.25) is 0 Å². The maximum absolute atomic E-state index is 11.4. The van der Waals surface area contributed by atoms with Gasteiger partial charge in [0.25, 0.3) is 0 Å². The number of Topliss-reactive ketones (excluding diaryl/α,β-unsaturated/α-hetero) is 1. The number of rotatable bonds is 2.